The molecule has 0 saturated carbocycles. The molecule has 1 saturated heterocycles. The highest BCUT2D eigenvalue weighted by Crippen LogP contribution is 2.36. The molecule has 0 aliphatic carbocycles. The van der Waals surface area contributed by atoms with Gasteiger partial charge >= 0.3 is 0 Å². The number of aryl methyl sites for hydroxylation is 1. The molecule has 9 rings (SSSR count). The molecule has 342 valence electrons. The summed E-state index contributed by atoms with van der Waals surface area (Å²) in [5, 5.41) is 9.18. The number of ether oxygens (including phenoxy) is 5. The zero-order valence-corrected chi connectivity index (χ0v) is 37.3. The molecule has 0 bridgehead atoms. The third kappa shape index (κ3) is 11.0. The van der Waals surface area contributed by atoms with Crippen LogP contribution in [0.3, 0.4) is 0 Å². The van der Waals surface area contributed by atoms with E-state index >= 15 is 0 Å². The van der Waals surface area contributed by atoms with Crippen molar-refractivity contribution >= 4 is 67.8 Å². The number of halogens is 2. The second-order valence-electron chi connectivity index (χ2n) is 16.0. The maximum atomic E-state index is 13.6. The highest BCUT2D eigenvalue weighted by atomic mass is 35.5. The SMILES string of the molecule is O=C1CCC(n2c3ccccc3c3c(CCCOCCOCCOCCOc4ccc(-c5ccc6ncnc(Nc7ccc(OCc8cccc(F)c8)c(Cl)c7)c6c5)cc4)ccnc32)C(=O)N1. The number of carbonyl (C=O) groups is 2. The van der Waals surface area contributed by atoms with E-state index in [1.807, 2.05) is 77.4 Å². The van der Waals surface area contributed by atoms with Gasteiger partial charge in [-0.3, -0.25) is 14.9 Å². The van der Waals surface area contributed by atoms with Crippen LogP contribution in [0.4, 0.5) is 15.9 Å². The van der Waals surface area contributed by atoms with Crippen LogP contribution in [0.25, 0.3) is 44.0 Å². The Morgan fingerprint density at radius 1 is 0.746 bits per heavy atom. The third-order valence-corrected chi connectivity index (χ3v) is 11.8. The molecule has 3 aromatic heterocycles. The second kappa shape index (κ2) is 21.6. The van der Waals surface area contributed by atoms with E-state index in [0.717, 1.165) is 73.8 Å². The average molecular weight is 923 g/mol. The van der Waals surface area contributed by atoms with Gasteiger partial charge in [0, 0.05) is 41.1 Å². The lowest BCUT2D eigenvalue weighted by Crippen LogP contribution is -2.41. The molecular formula is C52H48ClFN6O7. The van der Waals surface area contributed by atoms with Crippen molar-refractivity contribution in [2.45, 2.75) is 38.3 Å². The molecule has 1 fully saturated rings. The van der Waals surface area contributed by atoms with Gasteiger partial charge in [-0.05, 0) is 108 Å². The van der Waals surface area contributed by atoms with Crippen molar-refractivity contribution in [2.75, 3.05) is 51.6 Å². The van der Waals surface area contributed by atoms with Gasteiger partial charge in [0.2, 0.25) is 11.8 Å². The number of para-hydroxylation sites is 1. The summed E-state index contributed by atoms with van der Waals surface area (Å²) in [5.74, 6) is 1.01. The first kappa shape index (κ1) is 45.2. The van der Waals surface area contributed by atoms with E-state index in [1.54, 1.807) is 30.5 Å². The Labute approximate surface area is 391 Å². The predicted octanol–water partition coefficient (Wildman–Crippen LogP) is 9.95. The summed E-state index contributed by atoms with van der Waals surface area (Å²) in [4.78, 5) is 38.3. The van der Waals surface area contributed by atoms with Crippen LogP contribution in [0.2, 0.25) is 5.02 Å². The summed E-state index contributed by atoms with van der Waals surface area (Å²) in [6.45, 7) is 3.43. The van der Waals surface area contributed by atoms with Crippen molar-refractivity contribution in [1.82, 2.24) is 24.8 Å². The highest BCUT2D eigenvalue weighted by molar-refractivity contribution is 6.32. The van der Waals surface area contributed by atoms with Crippen LogP contribution in [0.15, 0.2) is 128 Å². The summed E-state index contributed by atoms with van der Waals surface area (Å²) in [6.07, 6.45) is 5.65. The van der Waals surface area contributed by atoms with Gasteiger partial charge < -0.3 is 33.6 Å². The summed E-state index contributed by atoms with van der Waals surface area (Å²) in [7, 11) is 0. The number of benzene rings is 5. The van der Waals surface area contributed by atoms with Gasteiger partial charge in [0.1, 0.15) is 54.4 Å². The Balaban J connectivity index is 0.670. The number of pyridine rings is 1. The first-order valence-electron chi connectivity index (χ1n) is 22.2. The molecule has 0 spiro atoms. The number of carbonyl (C=O) groups excluding carboxylic acids is 2. The minimum absolute atomic E-state index is 0.191. The quantitative estimate of drug-likeness (QED) is 0.0524. The molecule has 13 nitrogen and oxygen atoms in total. The summed E-state index contributed by atoms with van der Waals surface area (Å²) < 4.78 is 44.6. The Morgan fingerprint density at radius 3 is 2.34 bits per heavy atom. The summed E-state index contributed by atoms with van der Waals surface area (Å²) in [5.41, 5.74) is 7.05. The molecule has 1 aliphatic heterocycles. The van der Waals surface area contributed by atoms with Gasteiger partial charge in [0.05, 0.1) is 49.1 Å². The highest BCUT2D eigenvalue weighted by Gasteiger charge is 2.31. The van der Waals surface area contributed by atoms with E-state index < -0.39 is 6.04 Å². The molecular weight excluding hydrogens is 875 g/mol. The van der Waals surface area contributed by atoms with E-state index in [1.165, 1.54) is 18.5 Å². The molecule has 8 aromatic rings. The molecule has 1 unspecified atom stereocenters. The number of nitrogens with one attached hydrogen (secondary N) is 2. The normalized spacial score (nSPS) is 13.9. The number of rotatable bonds is 21. The lowest BCUT2D eigenvalue weighted by molar-refractivity contribution is -0.135. The first-order chi connectivity index (χ1) is 32.9. The van der Waals surface area contributed by atoms with Gasteiger partial charge in [-0.15, -0.1) is 0 Å². The molecule has 1 aliphatic rings. The van der Waals surface area contributed by atoms with Crippen LogP contribution < -0.4 is 20.1 Å². The fourth-order valence-corrected chi connectivity index (χ4v) is 8.49. The third-order valence-electron chi connectivity index (χ3n) is 11.5. The first-order valence-corrected chi connectivity index (χ1v) is 22.6. The Bertz CT molecular complexity index is 3020. The van der Waals surface area contributed by atoms with Gasteiger partial charge in [-0.1, -0.05) is 60.1 Å². The number of amides is 2. The van der Waals surface area contributed by atoms with Crippen molar-refractivity contribution < 1.29 is 37.7 Å². The van der Waals surface area contributed by atoms with Gasteiger partial charge in [0.15, 0.2) is 0 Å². The molecule has 1 atom stereocenters. The number of hydrogen-bond acceptors (Lipinski definition) is 11. The minimum atomic E-state index is -0.487. The fourth-order valence-electron chi connectivity index (χ4n) is 8.25. The minimum Gasteiger partial charge on any atom is -0.491 e. The smallest absolute Gasteiger partial charge is 0.249 e. The monoisotopic (exact) mass is 922 g/mol. The van der Waals surface area contributed by atoms with Gasteiger partial charge in [-0.25, -0.2) is 19.3 Å². The zero-order chi connectivity index (χ0) is 46.0. The van der Waals surface area contributed by atoms with E-state index in [2.05, 4.69) is 26.7 Å². The predicted molar refractivity (Wildman–Crippen MR) is 255 cm³/mol. The maximum absolute atomic E-state index is 13.6. The van der Waals surface area contributed by atoms with Crippen LogP contribution in [-0.2, 0) is 36.8 Å². The summed E-state index contributed by atoms with van der Waals surface area (Å²) in [6, 6.07) is 35.1. The van der Waals surface area contributed by atoms with Crippen molar-refractivity contribution in [1.29, 1.82) is 0 Å². The van der Waals surface area contributed by atoms with Crippen molar-refractivity contribution in [3.05, 3.63) is 150 Å². The van der Waals surface area contributed by atoms with Crippen molar-refractivity contribution in [2.24, 2.45) is 0 Å². The number of aromatic nitrogens is 4. The molecule has 2 amide bonds. The Hall–Kier alpha value is -6.97. The number of hydrogen-bond donors (Lipinski definition) is 2. The molecule has 4 heterocycles. The van der Waals surface area contributed by atoms with Crippen molar-refractivity contribution in [3.63, 3.8) is 0 Å². The van der Waals surface area contributed by atoms with Crippen LogP contribution in [0.5, 0.6) is 11.5 Å². The van der Waals surface area contributed by atoms with Gasteiger partial charge in [-0.2, -0.15) is 0 Å². The van der Waals surface area contributed by atoms with Gasteiger partial charge in [0.25, 0.3) is 0 Å². The number of fused-ring (bicyclic) bond motifs is 4. The van der Waals surface area contributed by atoms with Crippen LogP contribution in [0, 0.1) is 5.82 Å². The molecule has 5 aromatic carbocycles. The van der Waals surface area contributed by atoms with Crippen LogP contribution in [-0.4, -0.2) is 77.6 Å². The summed E-state index contributed by atoms with van der Waals surface area (Å²) >= 11 is 6.56. The van der Waals surface area contributed by atoms with E-state index in [0.29, 0.717) is 81.2 Å². The zero-order valence-electron chi connectivity index (χ0n) is 36.6. The lowest BCUT2D eigenvalue weighted by Gasteiger charge is -2.23. The number of imide groups is 1. The maximum Gasteiger partial charge on any atom is 0.249 e. The van der Waals surface area contributed by atoms with Crippen LogP contribution in [0.1, 0.15) is 36.4 Å². The second-order valence-corrected chi connectivity index (χ2v) is 16.4. The molecule has 0 radical (unpaired) electrons. The standard InChI is InChI=1S/C52H48ClFN6O7/c53-43-31-39(13-18-47(43)67-32-34-5-3-7-38(54)29-34)58-50-42-30-37(12-16-44(42)56-33-57-50)35-10-14-40(15-11-35)66-28-27-65-26-25-64-24-23-63-22-4-6-36-20-21-55-51-49(36)41-8-1-2-9-45(41)60(51)46-17-19-48(61)59-52(46)62/h1-3,5,7-16,18,20-21,29-31,33,46H,4,6,17,19,22-28,32H2,(H,56,57,58)(H,59,61,62). The van der Waals surface area contributed by atoms with E-state index in [-0.39, 0.29) is 24.2 Å². The number of nitrogens with zero attached hydrogens (tertiary/aromatic N) is 4. The van der Waals surface area contributed by atoms with E-state index in [4.69, 9.17) is 40.3 Å². The Kier molecular flexibility index (Phi) is 14.5. The topological polar surface area (TPSA) is 148 Å². The van der Waals surface area contributed by atoms with E-state index in [9.17, 15) is 14.0 Å². The Morgan fingerprint density at radius 2 is 1.54 bits per heavy atom. The largest absolute Gasteiger partial charge is 0.491 e. The number of anilines is 2. The molecule has 2 N–H and O–H groups in total. The number of piperidine rings is 1. The van der Waals surface area contributed by atoms with Crippen molar-refractivity contribution in [3.8, 4) is 22.6 Å². The molecule has 67 heavy (non-hydrogen) atoms. The average Bonchev–Trinajstić information content (AvgIpc) is 3.67. The molecule has 15 heteroatoms. The fraction of sp³-hybridized carbons (Fsp3) is 0.250. The lowest BCUT2D eigenvalue weighted by atomic mass is 10.0. The van der Waals surface area contributed by atoms with Crippen LogP contribution >= 0.6 is 11.6 Å².